The molecule has 3 nitrogen and oxygen atoms in total. The Morgan fingerprint density at radius 1 is 1.20 bits per heavy atom. The van der Waals surface area contributed by atoms with Gasteiger partial charge in [-0.2, -0.15) is 0 Å². The summed E-state index contributed by atoms with van der Waals surface area (Å²) >= 11 is 0. The van der Waals surface area contributed by atoms with Gasteiger partial charge in [0, 0.05) is 12.6 Å². The molecule has 1 aromatic rings. The molecule has 0 saturated carbocycles. The van der Waals surface area contributed by atoms with Crippen molar-refractivity contribution in [3.8, 4) is 5.75 Å². The Hall–Kier alpha value is -1.06. The van der Waals surface area contributed by atoms with Crippen LogP contribution >= 0.6 is 0 Å². The van der Waals surface area contributed by atoms with Gasteiger partial charge in [0.05, 0.1) is 6.61 Å². The standard InChI is InChI=1S/C12H20N2O/c1-4-15-11-7-5-10(6-8-11)12(14-3)9-13-2/h5-8,12-14H,4,9H2,1-3H3. The topological polar surface area (TPSA) is 33.3 Å². The lowest BCUT2D eigenvalue weighted by Crippen LogP contribution is -2.27. The van der Waals surface area contributed by atoms with Crippen LogP contribution in [0.1, 0.15) is 18.5 Å². The largest absolute Gasteiger partial charge is 0.494 e. The highest BCUT2D eigenvalue weighted by molar-refractivity contribution is 5.29. The van der Waals surface area contributed by atoms with Crippen molar-refractivity contribution in [3.63, 3.8) is 0 Å². The van der Waals surface area contributed by atoms with E-state index < -0.39 is 0 Å². The Balaban J connectivity index is 2.68. The highest BCUT2D eigenvalue weighted by Crippen LogP contribution is 2.17. The van der Waals surface area contributed by atoms with Crippen molar-refractivity contribution in [1.82, 2.24) is 10.6 Å². The van der Waals surface area contributed by atoms with Crippen molar-refractivity contribution in [3.05, 3.63) is 29.8 Å². The monoisotopic (exact) mass is 208 g/mol. The quantitative estimate of drug-likeness (QED) is 0.744. The minimum atomic E-state index is 0.352. The maximum Gasteiger partial charge on any atom is 0.119 e. The van der Waals surface area contributed by atoms with Gasteiger partial charge in [-0.05, 0) is 38.7 Å². The zero-order valence-electron chi connectivity index (χ0n) is 9.71. The van der Waals surface area contributed by atoms with E-state index in [4.69, 9.17) is 4.74 Å². The van der Waals surface area contributed by atoms with Crippen molar-refractivity contribution in [2.24, 2.45) is 0 Å². The third-order valence-electron chi connectivity index (χ3n) is 2.35. The summed E-state index contributed by atoms with van der Waals surface area (Å²) in [6.45, 7) is 3.63. The van der Waals surface area contributed by atoms with Gasteiger partial charge in [0.2, 0.25) is 0 Å². The lowest BCUT2D eigenvalue weighted by Gasteiger charge is -2.16. The molecule has 0 bridgehead atoms. The van der Waals surface area contributed by atoms with E-state index in [-0.39, 0.29) is 0 Å². The van der Waals surface area contributed by atoms with Crippen LogP contribution in [0, 0.1) is 0 Å². The minimum absolute atomic E-state index is 0.352. The van der Waals surface area contributed by atoms with E-state index in [1.807, 2.05) is 33.2 Å². The second-order valence-corrected chi connectivity index (χ2v) is 3.40. The van der Waals surface area contributed by atoms with Crippen LogP contribution in [0.15, 0.2) is 24.3 Å². The van der Waals surface area contributed by atoms with Crippen LogP contribution in [0.2, 0.25) is 0 Å². The fourth-order valence-electron chi connectivity index (χ4n) is 1.55. The Bertz CT molecular complexity index is 271. The van der Waals surface area contributed by atoms with E-state index in [0.717, 1.165) is 12.3 Å². The maximum absolute atomic E-state index is 5.40. The molecule has 0 aromatic heterocycles. The van der Waals surface area contributed by atoms with Gasteiger partial charge in [-0.3, -0.25) is 0 Å². The van der Waals surface area contributed by atoms with Crippen molar-refractivity contribution < 1.29 is 4.74 Å². The van der Waals surface area contributed by atoms with E-state index in [2.05, 4.69) is 22.8 Å². The molecule has 0 aliphatic heterocycles. The van der Waals surface area contributed by atoms with Crippen LogP contribution in [-0.2, 0) is 0 Å². The summed E-state index contributed by atoms with van der Waals surface area (Å²) in [5, 5.41) is 6.43. The Morgan fingerprint density at radius 2 is 1.87 bits per heavy atom. The first-order valence-corrected chi connectivity index (χ1v) is 5.36. The fourth-order valence-corrected chi connectivity index (χ4v) is 1.55. The SMILES string of the molecule is CCOc1ccc(C(CNC)NC)cc1. The second-order valence-electron chi connectivity index (χ2n) is 3.40. The Labute approximate surface area is 91.8 Å². The van der Waals surface area contributed by atoms with Crippen LogP contribution in [-0.4, -0.2) is 27.2 Å². The second kappa shape index (κ2) is 6.43. The number of rotatable bonds is 6. The van der Waals surface area contributed by atoms with Gasteiger partial charge in [-0.1, -0.05) is 12.1 Å². The summed E-state index contributed by atoms with van der Waals surface area (Å²) in [6.07, 6.45) is 0. The predicted octanol–water partition coefficient (Wildman–Crippen LogP) is 1.57. The molecule has 0 aliphatic carbocycles. The Kier molecular flexibility index (Phi) is 5.15. The number of ether oxygens (including phenoxy) is 1. The molecule has 84 valence electrons. The van der Waals surface area contributed by atoms with Gasteiger partial charge < -0.3 is 15.4 Å². The first kappa shape index (κ1) is 12.0. The zero-order valence-corrected chi connectivity index (χ0v) is 9.71. The summed E-state index contributed by atoms with van der Waals surface area (Å²) in [4.78, 5) is 0. The van der Waals surface area contributed by atoms with Crippen LogP contribution < -0.4 is 15.4 Å². The van der Waals surface area contributed by atoms with E-state index in [9.17, 15) is 0 Å². The van der Waals surface area contributed by atoms with Crippen LogP contribution in [0.4, 0.5) is 0 Å². The van der Waals surface area contributed by atoms with Crippen LogP contribution in [0.25, 0.3) is 0 Å². The van der Waals surface area contributed by atoms with Crippen LogP contribution in [0.5, 0.6) is 5.75 Å². The number of hydrogen-bond donors (Lipinski definition) is 2. The number of nitrogens with one attached hydrogen (secondary N) is 2. The van der Waals surface area contributed by atoms with E-state index in [0.29, 0.717) is 12.6 Å². The predicted molar refractivity (Wildman–Crippen MR) is 63.3 cm³/mol. The van der Waals surface area contributed by atoms with E-state index >= 15 is 0 Å². The number of hydrogen-bond acceptors (Lipinski definition) is 3. The first-order valence-electron chi connectivity index (χ1n) is 5.36. The van der Waals surface area contributed by atoms with Crippen molar-refractivity contribution in [2.45, 2.75) is 13.0 Å². The minimum Gasteiger partial charge on any atom is -0.494 e. The number of likely N-dealkylation sites (N-methyl/N-ethyl adjacent to an activating group) is 2. The summed E-state index contributed by atoms with van der Waals surface area (Å²) in [5.74, 6) is 0.931. The average molecular weight is 208 g/mol. The smallest absolute Gasteiger partial charge is 0.119 e. The molecule has 0 fully saturated rings. The normalized spacial score (nSPS) is 12.5. The highest BCUT2D eigenvalue weighted by atomic mass is 16.5. The molecule has 0 saturated heterocycles. The molecule has 0 radical (unpaired) electrons. The zero-order chi connectivity index (χ0) is 11.1. The van der Waals surface area contributed by atoms with Gasteiger partial charge in [-0.25, -0.2) is 0 Å². The lowest BCUT2D eigenvalue weighted by atomic mass is 10.1. The summed E-state index contributed by atoms with van der Waals surface area (Å²) in [5.41, 5.74) is 1.27. The summed E-state index contributed by atoms with van der Waals surface area (Å²) in [6, 6.07) is 8.58. The first-order chi connectivity index (χ1) is 7.31. The van der Waals surface area contributed by atoms with Gasteiger partial charge in [0.25, 0.3) is 0 Å². The molecule has 15 heavy (non-hydrogen) atoms. The van der Waals surface area contributed by atoms with Gasteiger partial charge in [0.15, 0.2) is 0 Å². The molecule has 1 rings (SSSR count). The molecule has 0 heterocycles. The molecular weight excluding hydrogens is 188 g/mol. The van der Waals surface area contributed by atoms with Crippen LogP contribution in [0.3, 0.4) is 0 Å². The molecule has 1 unspecified atom stereocenters. The van der Waals surface area contributed by atoms with Gasteiger partial charge in [0.1, 0.15) is 5.75 Å². The molecule has 3 heteroatoms. The number of benzene rings is 1. The van der Waals surface area contributed by atoms with Crippen molar-refractivity contribution >= 4 is 0 Å². The molecule has 1 aromatic carbocycles. The summed E-state index contributed by atoms with van der Waals surface area (Å²) in [7, 11) is 3.93. The Morgan fingerprint density at radius 3 is 2.33 bits per heavy atom. The highest BCUT2D eigenvalue weighted by Gasteiger charge is 2.07. The lowest BCUT2D eigenvalue weighted by molar-refractivity contribution is 0.340. The fraction of sp³-hybridized carbons (Fsp3) is 0.500. The van der Waals surface area contributed by atoms with Gasteiger partial charge in [-0.15, -0.1) is 0 Å². The maximum atomic E-state index is 5.40. The molecule has 0 aliphatic rings. The van der Waals surface area contributed by atoms with Crippen molar-refractivity contribution in [2.75, 3.05) is 27.2 Å². The molecule has 0 spiro atoms. The molecule has 1 atom stereocenters. The average Bonchev–Trinajstić information content (AvgIpc) is 2.28. The van der Waals surface area contributed by atoms with E-state index in [1.165, 1.54) is 5.56 Å². The third-order valence-corrected chi connectivity index (χ3v) is 2.35. The van der Waals surface area contributed by atoms with Gasteiger partial charge >= 0.3 is 0 Å². The molecule has 0 amide bonds. The molecular formula is C12H20N2O. The summed E-state index contributed by atoms with van der Waals surface area (Å²) < 4.78 is 5.40. The van der Waals surface area contributed by atoms with Crippen molar-refractivity contribution in [1.29, 1.82) is 0 Å². The van der Waals surface area contributed by atoms with E-state index in [1.54, 1.807) is 0 Å². The molecule has 2 N–H and O–H groups in total. The third kappa shape index (κ3) is 3.53.